The van der Waals surface area contributed by atoms with E-state index in [4.69, 9.17) is 28.4 Å². The molecule has 9 heteroatoms. The van der Waals surface area contributed by atoms with Gasteiger partial charge in [-0.05, 0) is 44.0 Å². The molecule has 47 heavy (non-hydrogen) atoms. The van der Waals surface area contributed by atoms with E-state index in [1.807, 2.05) is 0 Å². The van der Waals surface area contributed by atoms with Gasteiger partial charge < -0.3 is 33.3 Å². The molecule has 8 nitrogen and oxygen atoms in total. The minimum Gasteiger partial charge on any atom is -0.382 e. The minimum atomic E-state index is -0.0232. The predicted molar refractivity (Wildman–Crippen MR) is 204 cm³/mol. The van der Waals surface area contributed by atoms with Crippen LogP contribution in [0.5, 0.6) is 0 Å². The molecule has 0 atom stereocenters. The Balaban J connectivity index is 0.000000270. The average Bonchev–Trinajstić information content (AvgIpc) is 3.38. The molecule has 0 saturated heterocycles. The molecule has 0 radical (unpaired) electrons. The van der Waals surface area contributed by atoms with Gasteiger partial charge in [0.15, 0.2) is 0 Å². The Hall–Kier alpha value is -1.86. The molecule has 264 valence electrons. The highest BCUT2D eigenvalue weighted by atomic mass is 127. The number of benzene rings is 2. The summed E-state index contributed by atoms with van der Waals surface area (Å²) < 4.78 is 32.2. The number of halogens is 1. The third kappa shape index (κ3) is 12.8. The van der Waals surface area contributed by atoms with E-state index in [1.165, 1.54) is 33.7 Å². The van der Waals surface area contributed by atoms with Crippen molar-refractivity contribution in [3.8, 4) is 0 Å². The van der Waals surface area contributed by atoms with Crippen molar-refractivity contribution in [1.29, 1.82) is 0 Å². The Kier molecular flexibility index (Phi) is 18.7. The number of hydrogen-bond acceptors (Lipinski definition) is 8. The van der Waals surface area contributed by atoms with Crippen LogP contribution in [0.15, 0.2) is 53.7 Å². The maximum atomic E-state index is 5.68. The van der Waals surface area contributed by atoms with Crippen molar-refractivity contribution in [1.82, 2.24) is 0 Å². The molecule has 0 unspecified atom stereocenters. The van der Waals surface area contributed by atoms with Crippen LogP contribution in [-0.2, 0) is 39.3 Å². The lowest BCUT2D eigenvalue weighted by atomic mass is 9.82. The normalized spacial score (nSPS) is 15.3. The standard InChI is InChI=1S/C19H29NO3.C12H15N.C7H15IO3/c1-15-6-7-18-17(14-15)19(3,4)16(2)20(18)8-9-22-12-13-23-11-10-21-5;1-8-5-6-11-10(7-8)12(3,4)9(2)13-11;1-9-4-5-11-7-6-10-3-2-8/h6-7,14H,2,8-13H2,1,3-5H3;5-7H,1-4H3;2-7H2,1H3. The van der Waals surface area contributed by atoms with E-state index < -0.39 is 0 Å². The van der Waals surface area contributed by atoms with Crippen molar-refractivity contribution in [2.45, 2.75) is 59.3 Å². The van der Waals surface area contributed by atoms with Crippen molar-refractivity contribution in [2.75, 3.05) is 96.2 Å². The first kappa shape index (κ1) is 41.3. The first-order valence-corrected chi connectivity index (χ1v) is 18.0. The van der Waals surface area contributed by atoms with Crippen LogP contribution in [0, 0.1) is 13.8 Å². The lowest BCUT2D eigenvalue weighted by Crippen LogP contribution is -2.28. The lowest BCUT2D eigenvalue weighted by Gasteiger charge is -2.25. The number of hydrogen-bond donors (Lipinski definition) is 0. The zero-order valence-corrected chi connectivity index (χ0v) is 32.5. The third-order valence-electron chi connectivity index (χ3n) is 8.47. The van der Waals surface area contributed by atoms with Crippen LogP contribution in [0.3, 0.4) is 0 Å². The number of allylic oxidation sites excluding steroid dienone is 1. The van der Waals surface area contributed by atoms with Crippen LogP contribution < -0.4 is 4.90 Å². The first-order valence-electron chi connectivity index (χ1n) is 16.5. The third-order valence-corrected chi connectivity index (χ3v) is 8.91. The monoisotopic (exact) mass is 766 g/mol. The molecule has 0 bridgehead atoms. The van der Waals surface area contributed by atoms with Gasteiger partial charge in [-0.25, -0.2) is 0 Å². The molecule has 0 fully saturated rings. The number of alkyl halides is 1. The summed E-state index contributed by atoms with van der Waals surface area (Å²) in [5.41, 5.74) is 10.2. The molecule has 0 N–H and O–H groups in total. The molecule has 0 spiro atoms. The van der Waals surface area contributed by atoms with Crippen molar-refractivity contribution in [3.05, 3.63) is 70.9 Å². The van der Waals surface area contributed by atoms with E-state index >= 15 is 0 Å². The van der Waals surface area contributed by atoms with Gasteiger partial charge in [0, 0.05) is 53.1 Å². The number of ether oxygens (including phenoxy) is 6. The molecular formula is C38H59IN2O6. The zero-order chi connectivity index (χ0) is 34.9. The minimum absolute atomic E-state index is 0.0232. The summed E-state index contributed by atoms with van der Waals surface area (Å²) in [5.74, 6) is 0. The second-order valence-corrected chi connectivity index (χ2v) is 13.8. The van der Waals surface area contributed by atoms with Crippen molar-refractivity contribution >= 4 is 39.7 Å². The Morgan fingerprint density at radius 3 is 1.70 bits per heavy atom. The van der Waals surface area contributed by atoms with Gasteiger partial charge in [-0.3, -0.25) is 4.99 Å². The van der Waals surface area contributed by atoms with E-state index in [0.717, 1.165) is 29.0 Å². The SMILES string of the molecule is C=C1N(CCOCCOCCOC)c2ccc(C)cc2C1(C)C.CC1=Nc2ccc(C)cc2C1(C)C.COCCOCCOCCI. The highest BCUT2D eigenvalue weighted by molar-refractivity contribution is 14.1. The number of aliphatic imine (C=N–C) groups is 1. The number of anilines is 1. The van der Waals surface area contributed by atoms with E-state index in [2.05, 4.69) is 124 Å². The van der Waals surface area contributed by atoms with Crippen LogP contribution >= 0.6 is 22.6 Å². The van der Waals surface area contributed by atoms with E-state index in [0.29, 0.717) is 59.5 Å². The maximum Gasteiger partial charge on any atom is 0.0701 e. The molecule has 0 saturated carbocycles. The highest BCUT2D eigenvalue weighted by Crippen LogP contribution is 2.47. The van der Waals surface area contributed by atoms with Gasteiger partial charge in [-0.1, -0.05) is 92.3 Å². The molecule has 4 rings (SSSR count). The number of rotatable bonds is 17. The molecule has 2 aromatic carbocycles. The predicted octanol–water partition coefficient (Wildman–Crippen LogP) is 7.77. The number of fused-ring (bicyclic) bond motifs is 2. The first-order chi connectivity index (χ1) is 22.4. The van der Waals surface area contributed by atoms with Crippen LogP contribution in [-0.4, -0.2) is 97.0 Å². The van der Waals surface area contributed by atoms with Gasteiger partial charge in [0.05, 0.1) is 71.8 Å². The molecule has 2 heterocycles. The molecule has 0 aliphatic carbocycles. The zero-order valence-electron chi connectivity index (χ0n) is 30.4. The molecule has 2 aliphatic heterocycles. The summed E-state index contributed by atoms with van der Waals surface area (Å²) in [7, 11) is 3.33. The summed E-state index contributed by atoms with van der Waals surface area (Å²) in [6, 6.07) is 13.1. The summed E-state index contributed by atoms with van der Waals surface area (Å²) in [4.78, 5) is 6.84. The highest BCUT2D eigenvalue weighted by Gasteiger charge is 2.38. The fraction of sp³-hybridized carbons (Fsp3) is 0.605. The van der Waals surface area contributed by atoms with Crippen LogP contribution in [0.1, 0.15) is 56.9 Å². The molecule has 2 aromatic rings. The van der Waals surface area contributed by atoms with Gasteiger partial charge >= 0.3 is 0 Å². The largest absolute Gasteiger partial charge is 0.382 e. The summed E-state index contributed by atoms with van der Waals surface area (Å²) in [6.07, 6.45) is 0. The van der Waals surface area contributed by atoms with E-state index in [9.17, 15) is 0 Å². The van der Waals surface area contributed by atoms with Gasteiger partial charge in [0.1, 0.15) is 0 Å². The fourth-order valence-electron chi connectivity index (χ4n) is 5.18. The number of methoxy groups -OCH3 is 2. The van der Waals surface area contributed by atoms with Gasteiger partial charge in [0.25, 0.3) is 0 Å². The number of aryl methyl sites for hydroxylation is 2. The van der Waals surface area contributed by atoms with Crippen molar-refractivity contribution < 1.29 is 28.4 Å². The van der Waals surface area contributed by atoms with Crippen LogP contribution in [0.4, 0.5) is 11.4 Å². The van der Waals surface area contributed by atoms with Crippen LogP contribution in [0.2, 0.25) is 0 Å². The Bertz CT molecular complexity index is 1250. The smallest absolute Gasteiger partial charge is 0.0701 e. The second-order valence-electron chi connectivity index (χ2n) is 12.7. The Morgan fingerprint density at radius 2 is 1.15 bits per heavy atom. The Labute approximate surface area is 298 Å². The van der Waals surface area contributed by atoms with Crippen molar-refractivity contribution in [3.63, 3.8) is 0 Å². The summed E-state index contributed by atoms with van der Waals surface area (Å²) in [6.45, 7) is 27.0. The molecular weight excluding hydrogens is 707 g/mol. The average molecular weight is 767 g/mol. The molecule has 0 aromatic heterocycles. The maximum absolute atomic E-state index is 5.68. The van der Waals surface area contributed by atoms with Gasteiger partial charge in [-0.2, -0.15) is 0 Å². The van der Waals surface area contributed by atoms with Gasteiger partial charge in [-0.15, -0.1) is 0 Å². The fourth-order valence-corrected chi connectivity index (χ4v) is 5.49. The summed E-state index contributed by atoms with van der Waals surface area (Å²) in [5, 5.41) is 0. The van der Waals surface area contributed by atoms with E-state index in [1.54, 1.807) is 14.2 Å². The molecule has 2 aliphatic rings. The van der Waals surface area contributed by atoms with E-state index in [-0.39, 0.29) is 10.8 Å². The Morgan fingerprint density at radius 1 is 0.660 bits per heavy atom. The molecule has 0 amide bonds. The second kappa shape index (κ2) is 21.3. The summed E-state index contributed by atoms with van der Waals surface area (Å²) >= 11 is 2.28. The van der Waals surface area contributed by atoms with Crippen LogP contribution in [0.25, 0.3) is 0 Å². The topological polar surface area (TPSA) is 71.0 Å². The quantitative estimate of drug-likeness (QED) is 0.0927. The number of nitrogens with zero attached hydrogens (tertiary/aromatic N) is 2. The van der Waals surface area contributed by atoms with Crippen molar-refractivity contribution in [2.24, 2.45) is 4.99 Å². The van der Waals surface area contributed by atoms with Gasteiger partial charge in [0.2, 0.25) is 0 Å². The lowest BCUT2D eigenvalue weighted by molar-refractivity contribution is 0.0266.